The van der Waals surface area contributed by atoms with Gasteiger partial charge >= 0.3 is 5.97 Å². The van der Waals surface area contributed by atoms with Gasteiger partial charge in [-0.15, -0.1) is 0 Å². The van der Waals surface area contributed by atoms with Crippen molar-refractivity contribution in [2.75, 3.05) is 11.5 Å². The van der Waals surface area contributed by atoms with E-state index in [9.17, 15) is 19.5 Å². The van der Waals surface area contributed by atoms with E-state index in [0.717, 1.165) is 48.3 Å². The van der Waals surface area contributed by atoms with Gasteiger partial charge < -0.3 is 14.9 Å². The van der Waals surface area contributed by atoms with Crippen molar-refractivity contribution in [2.24, 2.45) is 16.7 Å². The van der Waals surface area contributed by atoms with Crippen molar-refractivity contribution in [3.63, 3.8) is 0 Å². The Morgan fingerprint density at radius 2 is 1.19 bits per heavy atom. The molecule has 2 aliphatic heterocycles. The van der Waals surface area contributed by atoms with Crippen molar-refractivity contribution in [1.82, 2.24) is 9.80 Å². The zero-order chi connectivity index (χ0) is 35.3. The fourth-order valence-corrected chi connectivity index (χ4v) is 12.2. The summed E-state index contributed by atoms with van der Waals surface area (Å²) in [5.74, 6) is 0.926. The lowest BCUT2D eigenvalue weighted by molar-refractivity contribution is -0.142. The highest BCUT2D eigenvalue weighted by Crippen LogP contribution is 2.55. The first-order valence-electron chi connectivity index (χ1n) is 17.6. The molecule has 6 nitrogen and oxygen atoms in total. The first-order chi connectivity index (χ1) is 22.5. The fourth-order valence-electron chi connectivity index (χ4n) is 8.09. The van der Waals surface area contributed by atoms with E-state index in [4.69, 9.17) is 0 Å². The van der Waals surface area contributed by atoms with Gasteiger partial charge in [0.1, 0.15) is 0 Å². The smallest absolute Gasteiger partial charge is 0.306 e. The molecule has 48 heavy (non-hydrogen) atoms. The lowest BCUT2D eigenvalue weighted by Crippen LogP contribution is -2.60. The average molecular weight is 695 g/mol. The van der Waals surface area contributed by atoms with Crippen LogP contribution in [0.15, 0.2) is 60.7 Å². The largest absolute Gasteiger partial charge is 0.481 e. The number of carbonyl (C=O) groups excluding carboxylic acids is 2. The quantitative estimate of drug-likeness (QED) is 0.201. The number of carboxylic acid groups (broad SMARTS) is 1. The third-order valence-corrected chi connectivity index (χ3v) is 16.0. The SMILES string of the molecule is CC(=O)N(Cc1ccccc1)[C@@]1(C)CSC(CCCC(CCCC2SCC(C)(C)[C@@]2(C)N(Cc2ccccc2)C(C)=O)C(=O)O)C1(C)C. The van der Waals surface area contributed by atoms with E-state index < -0.39 is 5.97 Å². The molecule has 2 fully saturated rings. The van der Waals surface area contributed by atoms with Gasteiger partial charge in [0.05, 0.1) is 17.0 Å². The minimum Gasteiger partial charge on any atom is -0.481 e. The molecule has 2 heterocycles. The van der Waals surface area contributed by atoms with Crippen molar-refractivity contribution in [2.45, 2.75) is 129 Å². The highest BCUT2D eigenvalue weighted by molar-refractivity contribution is 8.00. The summed E-state index contributed by atoms with van der Waals surface area (Å²) in [6.45, 7) is 18.1. The first kappa shape index (κ1) is 38.4. The second-order valence-corrected chi connectivity index (χ2v) is 18.1. The summed E-state index contributed by atoms with van der Waals surface area (Å²) in [6.07, 6.45) is 4.81. The molecule has 0 spiro atoms. The molecular weight excluding hydrogens is 637 g/mol. The minimum absolute atomic E-state index is 0.0751. The predicted molar refractivity (Wildman–Crippen MR) is 201 cm³/mol. The molecule has 0 radical (unpaired) electrons. The standard InChI is InChI=1S/C40H58N2O4S2/c1-29(43)41(25-31-17-11-9-12-18-31)39(7)28-48-34(38(39,5)6)23-15-21-33(36(45)46)22-16-24-35-40(8,37(3,4)27-47-35)42(30(2)44)26-32-19-13-10-14-20-32/h9-14,17-20,33-35H,15-16,21-28H2,1-8H3,(H,45,46)/t33?,34?,35?,39-,40-/m0/s1. The zero-order valence-electron chi connectivity index (χ0n) is 30.5. The van der Waals surface area contributed by atoms with E-state index in [1.54, 1.807) is 13.8 Å². The summed E-state index contributed by atoms with van der Waals surface area (Å²) in [5, 5.41) is 10.8. The minimum atomic E-state index is -0.708. The van der Waals surface area contributed by atoms with Crippen LogP contribution in [0.25, 0.3) is 0 Å². The Morgan fingerprint density at radius 3 is 1.67 bits per heavy atom. The van der Waals surface area contributed by atoms with Gasteiger partial charge in [0, 0.05) is 54.4 Å². The molecule has 0 aromatic heterocycles. The van der Waals surface area contributed by atoms with Gasteiger partial charge in [-0.25, -0.2) is 0 Å². The Hall–Kier alpha value is -2.45. The van der Waals surface area contributed by atoms with Crippen LogP contribution in [-0.2, 0) is 27.5 Å². The van der Waals surface area contributed by atoms with Crippen LogP contribution in [0.4, 0.5) is 0 Å². The zero-order valence-corrected chi connectivity index (χ0v) is 32.1. The highest BCUT2D eigenvalue weighted by Gasteiger charge is 2.57. The number of carboxylic acids is 1. The Bertz CT molecular complexity index is 1400. The number of hydrogen-bond donors (Lipinski definition) is 1. The van der Waals surface area contributed by atoms with E-state index >= 15 is 0 Å². The molecule has 2 aliphatic rings. The summed E-state index contributed by atoms with van der Waals surface area (Å²) in [5.41, 5.74) is 1.41. The number of rotatable bonds is 15. The number of amides is 2. The van der Waals surface area contributed by atoms with E-state index in [2.05, 4.69) is 75.6 Å². The van der Waals surface area contributed by atoms with Crippen molar-refractivity contribution >= 4 is 41.3 Å². The molecule has 1 N–H and O–H groups in total. The lowest BCUT2D eigenvalue weighted by atomic mass is 9.69. The maximum absolute atomic E-state index is 13.1. The number of benzene rings is 2. The maximum Gasteiger partial charge on any atom is 0.306 e. The topological polar surface area (TPSA) is 77.9 Å². The van der Waals surface area contributed by atoms with E-state index in [0.29, 0.717) is 31.2 Å². The third-order valence-electron chi connectivity index (χ3n) is 12.1. The van der Waals surface area contributed by atoms with Gasteiger partial charge in [0.15, 0.2) is 0 Å². The van der Waals surface area contributed by atoms with Gasteiger partial charge in [-0.2, -0.15) is 23.5 Å². The summed E-state index contributed by atoms with van der Waals surface area (Å²) in [4.78, 5) is 42.7. The lowest BCUT2D eigenvalue weighted by Gasteiger charge is -2.50. The predicted octanol–water partition coefficient (Wildman–Crippen LogP) is 8.93. The molecule has 2 saturated heterocycles. The molecule has 2 aromatic carbocycles. The second-order valence-electron chi connectivity index (χ2n) is 15.7. The molecule has 0 aliphatic carbocycles. The van der Waals surface area contributed by atoms with E-state index in [-0.39, 0.29) is 44.9 Å². The monoisotopic (exact) mass is 694 g/mol. The highest BCUT2D eigenvalue weighted by atomic mass is 32.2. The average Bonchev–Trinajstić information content (AvgIpc) is 3.41. The normalized spacial score (nSPS) is 26.6. The molecule has 2 aromatic rings. The van der Waals surface area contributed by atoms with E-state index in [1.807, 2.05) is 59.9 Å². The van der Waals surface area contributed by atoms with Crippen LogP contribution in [-0.4, -0.2) is 65.8 Å². The van der Waals surface area contributed by atoms with Gasteiger partial charge in [0.25, 0.3) is 0 Å². The van der Waals surface area contributed by atoms with Crippen molar-refractivity contribution < 1.29 is 19.5 Å². The van der Waals surface area contributed by atoms with Crippen LogP contribution >= 0.6 is 23.5 Å². The molecule has 2 amide bonds. The fraction of sp³-hybridized carbons (Fsp3) is 0.625. The first-order valence-corrected chi connectivity index (χ1v) is 19.7. The summed E-state index contributed by atoms with van der Waals surface area (Å²) >= 11 is 3.88. The van der Waals surface area contributed by atoms with Crippen molar-refractivity contribution in [3.8, 4) is 0 Å². The Balaban J connectivity index is 1.36. The molecule has 0 saturated carbocycles. The van der Waals surface area contributed by atoms with Crippen molar-refractivity contribution in [3.05, 3.63) is 71.8 Å². The van der Waals surface area contributed by atoms with Gasteiger partial charge in [0.2, 0.25) is 11.8 Å². The number of nitrogens with zero attached hydrogens (tertiary/aromatic N) is 2. The number of aliphatic carboxylic acids is 1. The Morgan fingerprint density at radius 1 is 0.729 bits per heavy atom. The molecule has 264 valence electrons. The Kier molecular flexibility index (Phi) is 12.5. The van der Waals surface area contributed by atoms with Crippen LogP contribution in [0.3, 0.4) is 0 Å². The summed E-state index contributed by atoms with van der Waals surface area (Å²) in [7, 11) is 0. The molecule has 8 heteroatoms. The molecule has 0 bridgehead atoms. The van der Waals surface area contributed by atoms with Crippen LogP contribution in [0.2, 0.25) is 0 Å². The van der Waals surface area contributed by atoms with Gasteiger partial charge in [-0.1, -0.05) is 101 Å². The van der Waals surface area contributed by atoms with E-state index in [1.165, 1.54) is 0 Å². The third kappa shape index (κ3) is 7.96. The van der Waals surface area contributed by atoms with Crippen LogP contribution in [0.5, 0.6) is 0 Å². The van der Waals surface area contributed by atoms with Crippen LogP contribution in [0, 0.1) is 16.7 Å². The summed E-state index contributed by atoms with van der Waals surface area (Å²) in [6, 6.07) is 20.4. The van der Waals surface area contributed by atoms with Crippen LogP contribution in [0.1, 0.15) is 105 Å². The van der Waals surface area contributed by atoms with Gasteiger partial charge in [-0.05, 0) is 56.1 Å². The second kappa shape index (κ2) is 15.6. The van der Waals surface area contributed by atoms with Crippen molar-refractivity contribution in [1.29, 1.82) is 0 Å². The number of hydrogen-bond acceptors (Lipinski definition) is 5. The number of carbonyl (C=O) groups is 3. The van der Waals surface area contributed by atoms with Gasteiger partial charge in [-0.3, -0.25) is 14.4 Å². The van der Waals surface area contributed by atoms with Crippen LogP contribution < -0.4 is 0 Å². The maximum atomic E-state index is 13.1. The molecule has 3 unspecified atom stereocenters. The molecule has 5 atom stereocenters. The molecular formula is C40H58N2O4S2. The molecule has 4 rings (SSSR count). The summed E-state index contributed by atoms with van der Waals surface area (Å²) < 4.78 is 0. The number of thioether (sulfide) groups is 2. The Labute approximate surface area is 298 Å².